The van der Waals surface area contributed by atoms with Crippen LogP contribution in [0, 0.1) is 5.92 Å². The smallest absolute Gasteiger partial charge is 0.240 e. The van der Waals surface area contributed by atoms with Crippen LogP contribution >= 0.6 is 0 Å². The van der Waals surface area contributed by atoms with Crippen molar-refractivity contribution in [2.24, 2.45) is 5.92 Å². The molecule has 1 heterocycles. The van der Waals surface area contributed by atoms with Gasteiger partial charge in [0.15, 0.2) is 5.75 Å². The van der Waals surface area contributed by atoms with Gasteiger partial charge in [-0.05, 0) is 18.1 Å². The Morgan fingerprint density at radius 3 is 2.52 bits per heavy atom. The average molecular weight is 336 g/mol. The fourth-order valence-electron chi connectivity index (χ4n) is 1.83. The SMILES string of the molecule is CC(C)COc1c[nH]c(CNS(=O)(=O)c2ccccc2)cc1=O. The third-order valence-electron chi connectivity index (χ3n) is 3.02. The second kappa shape index (κ2) is 7.43. The zero-order chi connectivity index (χ0) is 16.9. The molecule has 1 aromatic carbocycles. The molecular weight excluding hydrogens is 316 g/mol. The fraction of sp³-hybridized carbons (Fsp3) is 0.312. The van der Waals surface area contributed by atoms with Gasteiger partial charge in [0.25, 0.3) is 0 Å². The third kappa shape index (κ3) is 4.94. The highest BCUT2D eigenvalue weighted by Crippen LogP contribution is 2.09. The topological polar surface area (TPSA) is 88.3 Å². The highest BCUT2D eigenvalue weighted by molar-refractivity contribution is 7.89. The van der Waals surface area contributed by atoms with E-state index in [1.165, 1.54) is 24.4 Å². The minimum atomic E-state index is -3.61. The van der Waals surface area contributed by atoms with E-state index in [0.29, 0.717) is 18.2 Å². The Labute approximate surface area is 135 Å². The van der Waals surface area contributed by atoms with Crippen molar-refractivity contribution in [2.75, 3.05) is 6.61 Å². The molecule has 124 valence electrons. The van der Waals surface area contributed by atoms with Crippen LogP contribution in [-0.4, -0.2) is 20.0 Å². The minimum Gasteiger partial charge on any atom is -0.488 e. The van der Waals surface area contributed by atoms with Crippen molar-refractivity contribution in [3.8, 4) is 5.75 Å². The van der Waals surface area contributed by atoms with E-state index in [4.69, 9.17) is 4.74 Å². The normalized spacial score (nSPS) is 11.6. The Hall–Kier alpha value is -2.12. The van der Waals surface area contributed by atoms with Crippen LogP contribution < -0.4 is 14.9 Å². The average Bonchev–Trinajstić information content (AvgIpc) is 2.53. The first kappa shape index (κ1) is 17.2. The highest BCUT2D eigenvalue weighted by Gasteiger charge is 2.13. The first-order valence-corrected chi connectivity index (χ1v) is 8.76. The fourth-order valence-corrected chi connectivity index (χ4v) is 2.86. The van der Waals surface area contributed by atoms with Gasteiger partial charge in [-0.1, -0.05) is 32.0 Å². The monoisotopic (exact) mass is 336 g/mol. The van der Waals surface area contributed by atoms with Crippen LogP contribution in [0.5, 0.6) is 5.75 Å². The van der Waals surface area contributed by atoms with Crippen molar-refractivity contribution >= 4 is 10.0 Å². The number of hydrogen-bond acceptors (Lipinski definition) is 4. The Morgan fingerprint density at radius 1 is 1.22 bits per heavy atom. The van der Waals surface area contributed by atoms with Crippen LogP contribution in [0.15, 0.2) is 52.3 Å². The van der Waals surface area contributed by atoms with E-state index in [1.807, 2.05) is 13.8 Å². The van der Waals surface area contributed by atoms with Gasteiger partial charge >= 0.3 is 0 Å². The highest BCUT2D eigenvalue weighted by atomic mass is 32.2. The molecule has 2 rings (SSSR count). The number of ether oxygens (including phenoxy) is 1. The molecule has 6 nitrogen and oxygen atoms in total. The van der Waals surface area contributed by atoms with Crippen molar-refractivity contribution in [1.82, 2.24) is 9.71 Å². The van der Waals surface area contributed by atoms with Gasteiger partial charge in [-0.3, -0.25) is 4.79 Å². The molecule has 2 aromatic rings. The molecule has 0 radical (unpaired) electrons. The van der Waals surface area contributed by atoms with E-state index in [9.17, 15) is 13.2 Å². The molecule has 0 unspecified atom stereocenters. The lowest BCUT2D eigenvalue weighted by Gasteiger charge is -2.09. The van der Waals surface area contributed by atoms with Crippen LogP contribution in [-0.2, 0) is 16.6 Å². The van der Waals surface area contributed by atoms with E-state index in [1.54, 1.807) is 18.2 Å². The van der Waals surface area contributed by atoms with Gasteiger partial charge in [0.05, 0.1) is 18.0 Å². The van der Waals surface area contributed by atoms with Crippen molar-refractivity contribution in [2.45, 2.75) is 25.3 Å². The first-order chi connectivity index (χ1) is 10.9. The molecule has 0 bridgehead atoms. The van der Waals surface area contributed by atoms with Crippen LogP contribution in [0.25, 0.3) is 0 Å². The number of aromatic amines is 1. The molecule has 0 saturated carbocycles. The number of nitrogens with one attached hydrogen (secondary N) is 2. The number of sulfonamides is 1. The van der Waals surface area contributed by atoms with E-state index in [-0.39, 0.29) is 22.6 Å². The van der Waals surface area contributed by atoms with Gasteiger partial charge in [-0.15, -0.1) is 0 Å². The number of rotatable bonds is 7. The quantitative estimate of drug-likeness (QED) is 0.808. The summed E-state index contributed by atoms with van der Waals surface area (Å²) in [4.78, 5) is 15.0. The summed E-state index contributed by atoms with van der Waals surface area (Å²) in [7, 11) is -3.61. The standard InChI is InChI=1S/C16H20N2O4S/c1-12(2)11-22-16-10-17-13(8-15(16)19)9-18-23(20,21)14-6-4-3-5-7-14/h3-8,10,12,18H,9,11H2,1-2H3,(H,17,19). The number of benzene rings is 1. The summed E-state index contributed by atoms with van der Waals surface area (Å²) >= 11 is 0. The van der Waals surface area contributed by atoms with Crippen LogP contribution in [0.2, 0.25) is 0 Å². The lowest BCUT2D eigenvalue weighted by atomic mass is 10.2. The van der Waals surface area contributed by atoms with E-state index >= 15 is 0 Å². The summed E-state index contributed by atoms with van der Waals surface area (Å²) in [5.74, 6) is 0.542. The zero-order valence-electron chi connectivity index (χ0n) is 13.1. The predicted molar refractivity (Wildman–Crippen MR) is 87.9 cm³/mol. The van der Waals surface area contributed by atoms with Gasteiger partial charge in [0.1, 0.15) is 0 Å². The molecule has 2 N–H and O–H groups in total. The summed E-state index contributed by atoms with van der Waals surface area (Å²) in [5.41, 5.74) is 0.185. The molecular formula is C16H20N2O4S. The molecule has 0 atom stereocenters. The molecule has 0 aliphatic heterocycles. The Balaban J connectivity index is 2.04. The second-order valence-corrected chi connectivity index (χ2v) is 7.30. The molecule has 1 aromatic heterocycles. The maximum Gasteiger partial charge on any atom is 0.240 e. The molecule has 0 aliphatic rings. The summed E-state index contributed by atoms with van der Waals surface area (Å²) in [6.45, 7) is 4.42. The third-order valence-corrected chi connectivity index (χ3v) is 4.43. The molecule has 0 fully saturated rings. The lowest BCUT2D eigenvalue weighted by molar-refractivity contribution is 0.267. The van der Waals surface area contributed by atoms with Gasteiger partial charge in [-0.2, -0.15) is 0 Å². The summed E-state index contributed by atoms with van der Waals surface area (Å²) in [6, 6.07) is 9.39. The van der Waals surface area contributed by atoms with E-state index in [0.717, 1.165) is 0 Å². The summed E-state index contributed by atoms with van der Waals surface area (Å²) in [6.07, 6.45) is 1.46. The number of pyridine rings is 1. The Bertz CT molecular complexity index is 798. The molecule has 0 aliphatic carbocycles. The number of H-pyrrole nitrogens is 1. The molecule has 7 heteroatoms. The summed E-state index contributed by atoms with van der Waals surface area (Å²) < 4.78 is 32.0. The molecule has 23 heavy (non-hydrogen) atoms. The number of hydrogen-bond donors (Lipinski definition) is 2. The van der Waals surface area contributed by atoms with Crippen LogP contribution in [0.4, 0.5) is 0 Å². The maximum atomic E-state index is 12.1. The van der Waals surface area contributed by atoms with Gasteiger partial charge in [0.2, 0.25) is 15.5 Å². The van der Waals surface area contributed by atoms with Crippen LogP contribution in [0.1, 0.15) is 19.5 Å². The van der Waals surface area contributed by atoms with Crippen molar-refractivity contribution < 1.29 is 13.2 Å². The van der Waals surface area contributed by atoms with E-state index < -0.39 is 10.0 Å². The first-order valence-electron chi connectivity index (χ1n) is 7.27. The van der Waals surface area contributed by atoms with Crippen molar-refractivity contribution in [3.05, 3.63) is 58.5 Å². The number of aromatic nitrogens is 1. The molecule has 0 spiro atoms. The Kier molecular flexibility index (Phi) is 5.57. The van der Waals surface area contributed by atoms with Crippen molar-refractivity contribution in [1.29, 1.82) is 0 Å². The maximum absolute atomic E-state index is 12.1. The molecule has 0 amide bonds. The Morgan fingerprint density at radius 2 is 1.91 bits per heavy atom. The van der Waals surface area contributed by atoms with Crippen LogP contribution in [0.3, 0.4) is 0 Å². The summed E-state index contributed by atoms with van der Waals surface area (Å²) in [5, 5.41) is 0. The predicted octanol–water partition coefficient (Wildman–Crippen LogP) is 1.89. The molecule has 0 saturated heterocycles. The van der Waals surface area contributed by atoms with Gasteiger partial charge < -0.3 is 9.72 Å². The van der Waals surface area contributed by atoms with Crippen molar-refractivity contribution in [3.63, 3.8) is 0 Å². The second-order valence-electron chi connectivity index (χ2n) is 5.53. The zero-order valence-corrected chi connectivity index (χ0v) is 13.9. The van der Waals surface area contributed by atoms with E-state index in [2.05, 4.69) is 9.71 Å². The van der Waals surface area contributed by atoms with Gasteiger partial charge in [0, 0.05) is 18.0 Å². The van der Waals surface area contributed by atoms with Gasteiger partial charge in [-0.25, -0.2) is 13.1 Å². The largest absolute Gasteiger partial charge is 0.488 e. The lowest BCUT2D eigenvalue weighted by Crippen LogP contribution is -2.24. The minimum absolute atomic E-state index is 0.00305.